The van der Waals surface area contributed by atoms with Crippen molar-refractivity contribution in [3.63, 3.8) is 0 Å². The second-order valence-electron chi connectivity index (χ2n) is 7.76. The Morgan fingerprint density at radius 2 is 1.94 bits per heavy atom. The molecule has 1 fully saturated rings. The van der Waals surface area contributed by atoms with Gasteiger partial charge in [0.1, 0.15) is 0 Å². The lowest BCUT2D eigenvalue weighted by molar-refractivity contribution is -0.116. The Kier molecular flexibility index (Phi) is 8.10. The Morgan fingerprint density at radius 1 is 1.22 bits per heavy atom. The van der Waals surface area contributed by atoms with Gasteiger partial charge in [-0.25, -0.2) is 12.8 Å². The van der Waals surface area contributed by atoms with E-state index in [2.05, 4.69) is 5.32 Å². The molecule has 0 bridgehead atoms. The number of hydrogen-bond donors (Lipinski definition) is 1. The van der Waals surface area contributed by atoms with Crippen molar-refractivity contribution in [1.29, 1.82) is 0 Å². The van der Waals surface area contributed by atoms with E-state index in [0.29, 0.717) is 26.2 Å². The molecule has 0 spiro atoms. The monoisotopic (exact) mass is 483 g/mol. The molecule has 32 heavy (non-hydrogen) atoms. The van der Waals surface area contributed by atoms with Crippen LogP contribution in [0.5, 0.6) is 5.75 Å². The molecule has 2 aromatic carbocycles. The number of carbonyl (C=O) groups excluding carboxylic acids is 1. The van der Waals surface area contributed by atoms with E-state index in [-0.39, 0.29) is 33.7 Å². The highest BCUT2D eigenvalue weighted by molar-refractivity contribution is 7.89. The van der Waals surface area contributed by atoms with E-state index in [1.165, 1.54) is 35.7 Å². The predicted octanol–water partition coefficient (Wildman–Crippen LogP) is 3.73. The van der Waals surface area contributed by atoms with Crippen molar-refractivity contribution in [2.24, 2.45) is 0 Å². The molecule has 174 valence electrons. The third-order valence-electron chi connectivity index (χ3n) is 5.30. The van der Waals surface area contributed by atoms with E-state index in [4.69, 9.17) is 16.3 Å². The van der Waals surface area contributed by atoms with E-state index in [1.54, 1.807) is 12.1 Å². The highest BCUT2D eigenvalue weighted by Crippen LogP contribution is 2.28. The van der Waals surface area contributed by atoms with Gasteiger partial charge in [-0.3, -0.25) is 4.79 Å². The van der Waals surface area contributed by atoms with Gasteiger partial charge in [-0.1, -0.05) is 17.7 Å². The number of carbonyl (C=O) groups is 1. The molecule has 7 nitrogen and oxygen atoms in total. The van der Waals surface area contributed by atoms with E-state index in [0.717, 1.165) is 18.4 Å². The first-order chi connectivity index (χ1) is 15.2. The smallest absolute Gasteiger partial charge is 0.243 e. The van der Waals surface area contributed by atoms with Gasteiger partial charge in [-0.2, -0.15) is 4.31 Å². The average molecular weight is 484 g/mol. The number of nitrogens with zero attached hydrogens (tertiary/aromatic N) is 2. The van der Waals surface area contributed by atoms with Gasteiger partial charge in [-0.05, 0) is 55.8 Å². The topological polar surface area (TPSA) is 79.0 Å². The number of halogens is 2. The second kappa shape index (κ2) is 10.6. The number of anilines is 1. The molecule has 0 atom stereocenters. The number of hydrogen-bond acceptors (Lipinski definition) is 5. The maximum absolute atomic E-state index is 13.8. The molecule has 0 unspecified atom stereocenters. The number of nitrogens with one attached hydrogen (secondary N) is 1. The number of sulfonamides is 1. The summed E-state index contributed by atoms with van der Waals surface area (Å²) in [5.74, 6) is -0.549. The maximum atomic E-state index is 13.8. The van der Waals surface area contributed by atoms with Crippen molar-refractivity contribution < 1.29 is 22.3 Å². The summed E-state index contributed by atoms with van der Waals surface area (Å²) >= 11 is 6.18. The van der Waals surface area contributed by atoms with Crippen molar-refractivity contribution in [2.45, 2.75) is 30.7 Å². The van der Waals surface area contributed by atoms with Crippen LogP contribution in [-0.4, -0.2) is 57.3 Å². The van der Waals surface area contributed by atoms with E-state index in [9.17, 15) is 17.6 Å². The average Bonchev–Trinajstić information content (AvgIpc) is 3.30. The summed E-state index contributed by atoms with van der Waals surface area (Å²) in [6.45, 7) is 1.87. The zero-order valence-electron chi connectivity index (χ0n) is 18.1. The first kappa shape index (κ1) is 24.4. The van der Waals surface area contributed by atoms with Gasteiger partial charge in [-0.15, -0.1) is 0 Å². The molecular weight excluding hydrogens is 457 g/mol. The predicted molar refractivity (Wildman–Crippen MR) is 122 cm³/mol. The van der Waals surface area contributed by atoms with Crippen molar-refractivity contribution in [3.8, 4) is 5.75 Å². The quantitative estimate of drug-likeness (QED) is 0.588. The van der Waals surface area contributed by atoms with Gasteiger partial charge in [0.15, 0.2) is 11.6 Å². The number of benzene rings is 2. The molecule has 0 aliphatic carbocycles. The van der Waals surface area contributed by atoms with E-state index >= 15 is 0 Å². The summed E-state index contributed by atoms with van der Waals surface area (Å²) in [5.41, 5.74) is 1.02. The van der Waals surface area contributed by atoms with E-state index in [1.807, 2.05) is 11.9 Å². The Morgan fingerprint density at radius 3 is 2.59 bits per heavy atom. The van der Waals surface area contributed by atoms with Crippen LogP contribution in [-0.2, 0) is 21.4 Å². The minimum Gasteiger partial charge on any atom is -0.494 e. The van der Waals surface area contributed by atoms with Crippen LogP contribution in [0.1, 0.15) is 24.8 Å². The minimum atomic E-state index is -3.61. The maximum Gasteiger partial charge on any atom is 0.243 e. The highest BCUT2D eigenvalue weighted by Gasteiger charge is 2.27. The van der Waals surface area contributed by atoms with Crippen LogP contribution in [0.3, 0.4) is 0 Å². The summed E-state index contributed by atoms with van der Waals surface area (Å²) in [6.07, 6.45) is 1.84. The standard InChI is InChI=1S/C22H27ClFN3O4S/c1-26(15-16-5-8-21(31-2)19(24)13-16)12-9-22(28)25-20-14-17(6-7-18(20)23)32(29,30)27-10-3-4-11-27/h5-8,13-14H,3-4,9-12,15H2,1-2H3,(H,25,28). The van der Waals surface area contributed by atoms with E-state index < -0.39 is 15.8 Å². The molecule has 1 amide bonds. The molecule has 1 aliphatic rings. The van der Waals surface area contributed by atoms with Crippen LogP contribution >= 0.6 is 11.6 Å². The van der Waals surface area contributed by atoms with Gasteiger partial charge in [0.25, 0.3) is 0 Å². The first-order valence-electron chi connectivity index (χ1n) is 10.3. The lowest BCUT2D eigenvalue weighted by Gasteiger charge is -2.18. The molecule has 1 aliphatic heterocycles. The van der Waals surface area contributed by atoms with Gasteiger partial charge in [0.05, 0.1) is 22.7 Å². The van der Waals surface area contributed by atoms with Gasteiger partial charge in [0, 0.05) is 32.6 Å². The molecule has 3 rings (SSSR count). The molecule has 1 saturated heterocycles. The SMILES string of the molecule is COc1ccc(CN(C)CCC(=O)Nc2cc(S(=O)(=O)N3CCCC3)ccc2Cl)cc1F. The summed E-state index contributed by atoms with van der Waals surface area (Å²) < 4.78 is 45.7. The third kappa shape index (κ3) is 5.98. The summed E-state index contributed by atoms with van der Waals surface area (Å²) in [5, 5.41) is 2.96. The summed E-state index contributed by atoms with van der Waals surface area (Å²) in [7, 11) is -0.373. The second-order valence-corrected chi connectivity index (χ2v) is 10.1. The molecule has 1 N–H and O–H groups in total. The van der Waals surface area contributed by atoms with Crippen molar-refractivity contribution in [2.75, 3.05) is 39.1 Å². The molecule has 2 aromatic rings. The highest BCUT2D eigenvalue weighted by atomic mass is 35.5. The Bertz CT molecular complexity index is 1070. The van der Waals surface area contributed by atoms with Gasteiger partial charge >= 0.3 is 0 Å². The third-order valence-corrected chi connectivity index (χ3v) is 7.53. The summed E-state index contributed by atoms with van der Waals surface area (Å²) in [4.78, 5) is 14.4. The van der Waals surface area contributed by atoms with Crippen molar-refractivity contribution in [3.05, 3.63) is 52.8 Å². The zero-order chi connectivity index (χ0) is 23.3. The van der Waals surface area contributed by atoms with Crippen molar-refractivity contribution in [1.82, 2.24) is 9.21 Å². The molecule has 0 aromatic heterocycles. The zero-order valence-corrected chi connectivity index (χ0v) is 19.7. The molecular formula is C22H27ClFN3O4S. The molecule has 0 saturated carbocycles. The van der Waals surface area contributed by atoms with Gasteiger partial charge in [0.2, 0.25) is 15.9 Å². The van der Waals surface area contributed by atoms with Crippen LogP contribution in [0.2, 0.25) is 5.02 Å². The fourth-order valence-corrected chi connectivity index (χ4v) is 5.25. The molecule has 1 heterocycles. The van der Waals surface area contributed by atoms with Gasteiger partial charge < -0.3 is 15.0 Å². The molecule has 0 radical (unpaired) electrons. The lowest BCUT2D eigenvalue weighted by Crippen LogP contribution is -2.28. The number of methoxy groups -OCH3 is 1. The summed E-state index contributed by atoms with van der Waals surface area (Å²) in [6, 6.07) is 9.07. The van der Waals surface area contributed by atoms with Crippen LogP contribution in [0.15, 0.2) is 41.3 Å². The van der Waals surface area contributed by atoms with Crippen LogP contribution in [0.4, 0.5) is 10.1 Å². The number of ether oxygens (including phenoxy) is 1. The lowest BCUT2D eigenvalue weighted by atomic mass is 10.2. The fourth-order valence-electron chi connectivity index (χ4n) is 3.54. The minimum absolute atomic E-state index is 0.109. The largest absolute Gasteiger partial charge is 0.494 e. The first-order valence-corrected chi connectivity index (χ1v) is 12.1. The normalized spacial score (nSPS) is 14.7. The number of amides is 1. The fraction of sp³-hybridized carbons (Fsp3) is 0.409. The molecule has 10 heteroatoms. The van der Waals surface area contributed by atoms with Crippen LogP contribution < -0.4 is 10.1 Å². The Hall–Kier alpha value is -2.20. The van der Waals surface area contributed by atoms with Crippen molar-refractivity contribution >= 4 is 33.2 Å². The number of rotatable bonds is 9. The Balaban J connectivity index is 1.58. The van der Waals surface area contributed by atoms with Crippen LogP contribution in [0, 0.1) is 5.82 Å². The Labute approximate surface area is 193 Å². The van der Waals surface area contributed by atoms with Crippen LogP contribution in [0.25, 0.3) is 0 Å².